The van der Waals surface area contributed by atoms with Gasteiger partial charge in [-0.15, -0.1) is 0 Å². The van der Waals surface area contributed by atoms with Crippen LogP contribution in [-0.4, -0.2) is 26.9 Å². The van der Waals surface area contributed by atoms with Crippen molar-refractivity contribution in [1.82, 2.24) is 10.0 Å². The summed E-state index contributed by atoms with van der Waals surface area (Å²) in [6, 6.07) is 6.88. The van der Waals surface area contributed by atoms with Crippen molar-refractivity contribution in [3.05, 3.63) is 29.8 Å². The molecule has 0 radical (unpaired) electrons. The van der Waals surface area contributed by atoms with Gasteiger partial charge in [0, 0.05) is 19.0 Å². The molecule has 128 valence electrons. The van der Waals surface area contributed by atoms with Gasteiger partial charge in [0.2, 0.25) is 15.9 Å². The Morgan fingerprint density at radius 3 is 2.48 bits per heavy atom. The number of nitrogens with one attached hydrogen (secondary N) is 2. The first-order valence-corrected chi connectivity index (χ1v) is 9.72. The summed E-state index contributed by atoms with van der Waals surface area (Å²) in [6.07, 6.45) is 4.69. The molecule has 5 nitrogen and oxygen atoms in total. The van der Waals surface area contributed by atoms with E-state index in [0.29, 0.717) is 5.92 Å². The number of benzene rings is 1. The van der Waals surface area contributed by atoms with Gasteiger partial charge in [-0.3, -0.25) is 4.79 Å². The maximum Gasteiger partial charge on any atom is 0.240 e. The summed E-state index contributed by atoms with van der Waals surface area (Å²) in [5, 5.41) is 3.03. The molecule has 0 spiro atoms. The van der Waals surface area contributed by atoms with Crippen LogP contribution in [0.15, 0.2) is 29.2 Å². The van der Waals surface area contributed by atoms with Crippen LogP contribution in [0.4, 0.5) is 0 Å². The Hall–Kier alpha value is -1.40. The average Bonchev–Trinajstić information content (AvgIpc) is 2.50. The first-order chi connectivity index (χ1) is 10.9. The zero-order chi connectivity index (χ0) is 16.9. The van der Waals surface area contributed by atoms with E-state index in [-0.39, 0.29) is 29.8 Å². The van der Waals surface area contributed by atoms with E-state index in [9.17, 15) is 13.2 Å². The molecule has 1 amide bonds. The lowest BCUT2D eigenvalue weighted by atomic mass is 9.86. The van der Waals surface area contributed by atoms with Gasteiger partial charge in [-0.05, 0) is 37.8 Å². The highest BCUT2D eigenvalue weighted by atomic mass is 32.2. The van der Waals surface area contributed by atoms with Crippen molar-refractivity contribution in [2.45, 2.75) is 56.9 Å². The van der Waals surface area contributed by atoms with Crippen LogP contribution in [0.1, 0.15) is 44.6 Å². The lowest BCUT2D eigenvalue weighted by Gasteiger charge is -2.29. The lowest BCUT2D eigenvalue weighted by molar-refractivity contribution is -0.122. The highest BCUT2D eigenvalue weighted by molar-refractivity contribution is 7.89. The molecule has 0 aromatic heterocycles. The summed E-state index contributed by atoms with van der Waals surface area (Å²) in [6.45, 7) is 4.17. The first kappa shape index (κ1) is 17.9. The third kappa shape index (κ3) is 5.32. The van der Waals surface area contributed by atoms with Gasteiger partial charge in [0.25, 0.3) is 0 Å². The summed E-state index contributed by atoms with van der Waals surface area (Å²) in [5.41, 5.74) is 1.00. The second-order valence-electron chi connectivity index (χ2n) is 6.40. The Bertz CT molecular complexity index is 626. The van der Waals surface area contributed by atoms with Crippen LogP contribution in [0.3, 0.4) is 0 Å². The minimum absolute atomic E-state index is 0.0876. The minimum Gasteiger partial charge on any atom is -0.353 e. The van der Waals surface area contributed by atoms with E-state index in [4.69, 9.17) is 0 Å². The van der Waals surface area contributed by atoms with Gasteiger partial charge in [-0.25, -0.2) is 13.1 Å². The number of carbonyl (C=O) groups is 1. The molecule has 1 aromatic rings. The van der Waals surface area contributed by atoms with Crippen molar-refractivity contribution in [2.75, 3.05) is 6.54 Å². The van der Waals surface area contributed by atoms with Crippen molar-refractivity contribution in [1.29, 1.82) is 0 Å². The van der Waals surface area contributed by atoms with E-state index in [1.807, 2.05) is 6.92 Å². The third-order valence-corrected chi connectivity index (χ3v) is 5.91. The number of sulfonamides is 1. The van der Waals surface area contributed by atoms with Crippen LogP contribution in [0.2, 0.25) is 0 Å². The van der Waals surface area contributed by atoms with Crippen LogP contribution >= 0.6 is 0 Å². The van der Waals surface area contributed by atoms with E-state index in [0.717, 1.165) is 24.8 Å². The molecule has 1 aliphatic carbocycles. The summed E-state index contributed by atoms with van der Waals surface area (Å²) in [5.74, 6) is 0.410. The smallest absolute Gasteiger partial charge is 0.240 e. The fraction of sp³-hybridized carbons (Fsp3) is 0.588. The summed E-state index contributed by atoms with van der Waals surface area (Å²) in [7, 11) is -3.55. The Kier molecular flexibility index (Phi) is 6.18. The molecular weight excluding hydrogens is 312 g/mol. The molecule has 1 aliphatic rings. The van der Waals surface area contributed by atoms with Crippen molar-refractivity contribution < 1.29 is 13.2 Å². The fourth-order valence-electron chi connectivity index (χ4n) is 2.91. The van der Waals surface area contributed by atoms with Gasteiger partial charge in [0.05, 0.1) is 4.90 Å². The molecule has 2 rings (SSSR count). The van der Waals surface area contributed by atoms with E-state index in [1.165, 1.54) is 6.42 Å². The second kappa shape index (κ2) is 7.93. The molecule has 23 heavy (non-hydrogen) atoms. The van der Waals surface area contributed by atoms with E-state index < -0.39 is 10.0 Å². The Morgan fingerprint density at radius 1 is 1.17 bits per heavy atom. The largest absolute Gasteiger partial charge is 0.353 e. The molecule has 2 N–H and O–H groups in total. The zero-order valence-electron chi connectivity index (χ0n) is 13.8. The van der Waals surface area contributed by atoms with Crippen molar-refractivity contribution in [2.24, 2.45) is 5.92 Å². The summed E-state index contributed by atoms with van der Waals surface area (Å²) in [4.78, 5) is 12.2. The third-order valence-electron chi connectivity index (χ3n) is 4.43. The molecule has 2 atom stereocenters. The van der Waals surface area contributed by atoms with Crippen molar-refractivity contribution in [3.63, 3.8) is 0 Å². The molecule has 0 heterocycles. The molecule has 0 saturated heterocycles. The summed E-state index contributed by atoms with van der Waals surface area (Å²) < 4.78 is 26.7. The SMILES string of the molecule is Cc1ccc(S(=O)(=O)NCCC(=O)N[C@H]2CCCC[C@@H]2C)cc1. The van der Waals surface area contributed by atoms with Gasteiger partial charge in [-0.1, -0.05) is 37.5 Å². The summed E-state index contributed by atoms with van der Waals surface area (Å²) >= 11 is 0. The standard InChI is InChI=1S/C17H26N2O3S/c1-13-7-9-15(10-8-13)23(21,22)18-12-11-17(20)19-16-6-4-3-5-14(16)2/h7-10,14,16,18H,3-6,11-12H2,1-2H3,(H,19,20)/t14-,16-/m0/s1. The molecule has 6 heteroatoms. The Morgan fingerprint density at radius 2 is 1.83 bits per heavy atom. The molecule has 0 aliphatic heterocycles. The van der Waals surface area contributed by atoms with E-state index in [1.54, 1.807) is 24.3 Å². The van der Waals surface area contributed by atoms with E-state index in [2.05, 4.69) is 17.0 Å². The zero-order valence-corrected chi connectivity index (χ0v) is 14.7. The van der Waals surface area contributed by atoms with Gasteiger partial charge >= 0.3 is 0 Å². The predicted octanol–water partition coefficient (Wildman–Crippen LogP) is 2.36. The quantitative estimate of drug-likeness (QED) is 0.836. The molecule has 0 bridgehead atoms. The predicted molar refractivity (Wildman–Crippen MR) is 90.5 cm³/mol. The number of hydrogen-bond acceptors (Lipinski definition) is 3. The monoisotopic (exact) mass is 338 g/mol. The molecule has 0 unspecified atom stereocenters. The highest BCUT2D eigenvalue weighted by Crippen LogP contribution is 2.23. The molecule has 1 saturated carbocycles. The number of rotatable bonds is 6. The first-order valence-electron chi connectivity index (χ1n) is 8.24. The lowest BCUT2D eigenvalue weighted by Crippen LogP contribution is -2.42. The van der Waals surface area contributed by atoms with Gasteiger partial charge in [0.15, 0.2) is 0 Å². The van der Waals surface area contributed by atoms with Crippen LogP contribution in [-0.2, 0) is 14.8 Å². The second-order valence-corrected chi connectivity index (χ2v) is 8.16. The topological polar surface area (TPSA) is 75.3 Å². The Balaban J connectivity index is 1.79. The normalized spacial score (nSPS) is 21.8. The fourth-order valence-corrected chi connectivity index (χ4v) is 3.94. The van der Waals surface area contributed by atoms with Gasteiger partial charge < -0.3 is 5.32 Å². The van der Waals surface area contributed by atoms with Crippen molar-refractivity contribution >= 4 is 15.9 Å². The van der Waals surface area contributed by atoms with Crippen LogP contribution in [0, 0.1) is 12.8 Å². The number of carbonyl (C=O) groups excluding carboxylic acids is 1. The van der Waals surface area contributed by atoms with Crippen LogP contribution in [0.5, 0.6) is 0 Å². The number of amides is 1. The van der Waals surface area contributed by atoms with E-state index >= 15 is 0 Å². The van der Waals surface area contributed by atoms with Gasteiger partial charge in [-0.2, -0.15) is 0 Å². The molecular formula is C17H26N2O3S. The molecule has 1 aromatic carbocycles. The number of aryl methyl sites for hydroxylation is 1. The van der Waals surface area contributed by atoms with Crippen LogP contribution in [0.25, 0.3) is 0 Å². The highest BCUT2D eigenvalue weighted by Gasteiger charge is 2.22. The van der Waals surface area contributed by atoms with Crippen molar-refractivity contribution in [3.8, 4) is 0 Å². The number of hydrogen-bond donors (Lipinski definition) is 2. The minimum atomic E-state index is -3.55. The van der Waals surface area contributed by atoms with Gasteiger partial charge in [0.1, 0.15) is 0 Å². The maximum atomic E-state index is 12.1. The molecule has 1 fully saturated rings. The average molecular weight is 338 g/mol. The maximum absolute atomic E-state index is 12.1. The van der Waals surface area contributed by atoms with Crippen LogP contribution < -0.4 is 10.0 Å². The Labute approximate surface area is 138 Å².